The SMILES string of the molecule is CCCCC(=O)NCCOc1ccc(OCC)cc1. The van der Waals surface area contributed by atoms with E-state index in [4.69, 9.17) is 9.47 Å². The first-order valence-corrected chi connectivity index (χ1v) is 6.88. The highest BCUT2D eigenvalue weighted by Crippen LogP contribution is 2.17. The van der Waals surface area contributed by atoms with Crippen LogP contribution in [0.2, 0.25) is 0 Å². The predicted octanol–water partition coefficient (Wildman–Crippen LogP) is 2.77. The average Bonchev–Trinajstić information content (AvgIpc) is 2.43. The van der Waals surface area contributed by atoms with Crippen LogP contribution in [0.5, 0.6) is 11.5 Å². The zero-order valence-electron chi connectivity index (χ0n) is 11.8. The molecule has 0 atom stereocenters. The van der Waals surface area contributed by atoms with E-state index in [1.165, 1.54) is 0 Å². The summed E-state index contributed by atoms with van der Waals surface area (Å²) in [5.74, 6) is 1.71. The third-order valence-corrected chi connectivity index (χ3v) is 2.59. The predicted molar refractivity (Wildman–Crippen MR) is 75.6 cm³/mol. The zero-order chi connectivity index (χ0) is 13.9. The molecule has 4 heteroatoms. The summed E-state index contributed by atoms with van der Waals surface area (Å²) in [7, 11) is 0. The highest BCUT2D eigenvalue weighted by atomic mass is 16.5. The van der Waals surface area contributed by atoms with E-state index in [2.05, 4.69) is 12.2 Å². The maximum Gasteiger partial charge on any atom is 0.220 e. The van der Waals surface area contributed by atoms with Crippen molar-refractivity contribution in [3.8, 4) is 11.5 Å². The number of nitrogens with one attached hydrogen (secondary N) is 1. The molecule has 1 aromatic rings. The fraction of sp³-hybridized carbons (Fsp3) is 0.533. The van der Waals surface area contributed by atoms with Crippen LogP contribution in [0.4, 0.5) is 0 Å². The van der Waals surface area contributed by atoms with Gasteiger partial charge in [-0.3, -0.25) is 4.79 Å². The van der Waals surface area contributed by atoms with E-state index in [0.717, 1.165) is 24.3 Å². The lowest BCUT2D eigenvalue weighted by Gasteiger charge is -2.08. The molecular formula is C15H23NO3. The number of carbonyl (C=O) groups is 1. The number of carbonyl (C=O) groups excluding carboxylic acids is 1. The Balaban J connectivity index is 2.16. The molecule has 1 aromatic carbocycles. The van der Waals surface area contributed by atoms with Gasteiger partial charge >= 0.3 is 0 Å². The van der Waals surface area contributed by atoms with E-state index in [1.807, 2.05) is 31.2 Å². The average molecular weight is 265 g/mol. The number of benzene rings is 1. The van der Waals surface area contributed by atoms with E-state index >= 15 is 0 Å². The molecule has 0 fully saturated rings. The van der Waals surface area contributed by atoms with E-state index in [1.54, 1.807) is 0 Å². The second-order valence-electron chi connectivity index (χ2n) is 4.21. The number of hydrogen-bond acceptors (Lipinski definition) is 3. The number of ether oxygens (including phenoxy) is 2. The van der Waals surface area contributed by atoms with Gasteiger partial charge in [0.05, 0.1) is 13.2 Å². The summed E-state index contributed by atoms with van der Waals surface area (Å²) >= 11 is 0. The van der Waals surface area contributed by atoms with Crippen LogP contribution in [0.3, 0.4) is 0 Å². The van der Waals surface area contributed by atoms with E-state index in [-0.39, 0.29) is 5.91 Å². The summed E-state index contributed by atoms with van der Waals surface area (Å²) in [4.78, 5) is 11.3. The first-order valence-electron chi connectivity index (χ1n) is 6.88. The van der Waals surface area contributed by atoms with Crippen LogP contribution < -0.4 is 14.8 Å². The van der Waals surface area contributed by atoms with Crippen molar-refractivity contribution in [1.82, 2.24) is 5.32 Å². The third kappa shape index (κ3) is 6.70. The van der Waals surface area contributed by atoms with Crippen molar-refractivity contribution < 1.29 is 14.3 Å². The van der Waals surface area contributed by atoms with E-state index in [9.17, 15) is 4.79 Å². The molecule has 106 valence electrons. The molecule has 0 spiro atoms. The molecule has 1 amide bonds. The fourth-order valence-electron chi connectivity index (χ4n) is 1.58. The third-order valence-electron chi connectivity index (χ3n) is 2.59. The summed E-state index contributed by atoms with van der Waals surface area (Å²) in [6.07, 6.45) is 2.57. The lowest BCUT2D eigenvalue weighted by molar-refractivity contribution is -0.121. The Kier molecular flexibility index (Phi) is 7.47. The van der Waals surface area contributed by atoms with Crippen molar-refractivity contribution in [2.24, 2.45) is 0 Å². The Labute approximate surface area is 115 Å². The van der Waals surface area contributed by atoms with Gasteiger partial charge in [0.15, 0.2) is 0 Å². The lowest BCUT2D eigenvalue weighted by Crippen LogP contribution is -2.27. The Hall–Kier alpha value is -1.71. The quantitative estimate of drug-likeness (QED) is 0.698. The van der Waals surface area contributed by atoms with Crippen molar-refractivity contribution >= 4 is 5.91 Å². The van der Waals surface area contributed by atoms with Gasteiger partial charge in [-0.05, 0) is 37.6 Å². The van der Waals surface area contributed by atoms with Crippen LogP contribution in [0.1, 0.15) is 33.1 Å². The minimum atomic E-state index is 0.0946. The van der Waals surface area contributed by atoms with Crippen molar-refractivity contribution in [3.05, 3.63) is 24.3 Å². The molecule has 0 aliphatic rings. The summed E-state index contributed by atoms with van der Waals surface area (Å²) in [6.45, 7) is 5.69. The Morgan fingerprint density at radius 3 is 2.32 bits per heavy atom. The maximum atomic E-state index is 11.3. The van der Waals surface area contributed by atoms with E-state index < -0.39 is 0 Å². The monoisotopic (exact) mass is 265 g/mol. The summed E-state index contributed by atoms with van der Waals surface area (Å²) in [6, 6.07) is 7.48. The maximum absolute atomic E-state index is 11.3. The molecular weight excluding hydrogens is 242 g/mol. The molecule has 0 aromatic heterocycles. The first kappa shape index (κ1) is 15.3. The van der Waals surface area contributed by atoms with Crippen molar-refractivity contribution in [1.29, 1.82) is 0 Å². The van der Waals surface area contributed by atoms with Crippen LogP contribution in [0.25, 0.3) is 0 Å². The highest BCUT2D eigenvalue weighted by molar-refractivity contribution is 5.75. The van der Waals surface area contributed by atoms with Crippen LogP contribution in [0.15, 0.2) is 24.3 Å². The van der Waals surface area contributed by atoms with Gasteiger partial charge < -0.3 is 14.8 Å². The number of amides is 1. The summed E-state index contributed by atoms with van der Waals surface area (Å²) in [5.41, 5.74) is 0. The lowest BCUT2D eigenvalue weighted by atomic mass is 10.2. The van der Waals surface area contributed by atoms with Gasteiger partial charge in [0, 0.05) is 6.42 Å². The fourth-order valence-corrected chi connectivity index (χ4v) is 1.58. The second-order valence-corrected chi connectivity index (χ2v) is 4.21. The Bertz CT molecular complexity index is 362. The molecule has 1 N–H and O–H groups in total. The summed E-state index contributed by atoms with van der Waals surface area (Å²) < 4.78 is 10.9. The minimum absolute atomic E-state index is 0.0946. The molecule has 0 saturated heterocycles. The first-order chi connectivity index (χ1) is 9.26. The number of unbranched alkanes of at least 4 members (excludes halogenated alkanes) is 1. The van der Waals surface area contributed by atoms with Gasteiger partial charge in [-0.15, -0.1) is 0 Å². The topological polar surface area (TPSA) is 47.6 Å². The van der Waals surface area contributed by atoms with Gasteiger partial charge in [-0.1, -0.05) is 13.3 Å². The highest BCUT2D eigenvalue weighted by Gasteiger charge is 2.00. The summed E-state index contributed by atoms with van der Waals surface area (Å²) in [5, 5.41) is 2.83. The van der Waals surface area contributed by atoms with Crippen molar-refractivity contribution in [2.45, 2.75) is 33.1 Å². The van der Waals surface area contributed by atoms with Crippen LogP contribution in [-0.2, 0) is 4.79 Å². The Morgan fingerprint density at radius 2 is 1.74 bits per heavy atom. The minimum Gasteiger partial charge on any atom is -0.494 e. The molecule has 1 rings (SSSR count). The standard InChI is InChI=1S/C15H23NO3/c1-3-5-6-15(17)16-11-12-19-14-9-7-13(8-10-14)18-4-2/h7-10H,3-6,11-12H2,1-2H3,(H,16,17). The van der Waals surface area contributed by atoms with Crippen molar-refractivity contribution in [2.75, 3.05) is 19.8 Å². The number of rotatable bonds is 9. The normalized spacial score (nSPS) is 10.0. The number of hydrogen-bond donors (Lipinski definition) is 1. The largest absolute Gasteiger partial charge is 0.494 e. The van der Waals surface area contributed by atoms with E-state index in [0.29, 0.717) is 26.2 Å². The molecule has 19 heavy (non-hydrogen) atoms. The molecule has 4 nitrogen and oxygen atoms in total. The van der Waals surface area contributed by atoms with Gasteiger partial charge in [0.1, 0.15) is 18.1 Å². The van der Waals surface area contributed by atoms with Crippen molar-refractivity contribution in [3.63, 3.8) is 0 Å². The second kappa shape index (κ2) is 9.25. The van der Waals surface area contributed by atoms with Crippen LogP contribution in [-0.4, -0.2) is 25.7 Å². The van der Waals surface area contributed by atoms with Gasteiger partial charge in [-0.25, -0.2) is 0 Å². The zero-order valence-corrected chi connectivity index (χ0v) is 11.8. The molecule has 0 heterocycles. The molecule has 0 saturated carbocycles. The smallest absolute Gasteiger partial charge is 0.220 e. The Morgan fingerprint density at radius 1 is 1.11 bits per heavy atom. The van der Waals surface area contributed by atoms with Crippen LogP contribution >= 0.6 is 0 Å². The molecule has 0 radical (unpaired) electrons. The molecule has 0 aliphatic carbocycles. The van der Waals surface area contributed by atoms with Gasteiger partial charge in [-0.2, -0.15) is 0 Å². The van der Waals surface area contributed by atoms with Gasteiger partial charge in [0.25, 0.3) is 0 Å². The molecule has 0 aliphatic heterocycles. The molecule has 0 bridgehead atoms. The van der Waals surface area contributed by atoms with Crippen LogP contribution in [0, 0.1) is 0 Å². The molecule has 0 unspecified atom stereocenters. The van der Waals surface area contributed by atoms with Gasteiger partial charge in [0.2, 0.25) is 5.91 Å².